The first kappa shape index (κ1) is 17.1. The van der Waals surface area contributed by atoms with Gasteiger partial charge < -0.3 is 4.42 Å². The number of hydrogen-bond donors (Lipinski definition) is 0. The molecule has 2 heteroatoms. The first-order chi connectivity index (χ1) is 14.1. The molecule has 0 saturated heterocycles. The Hall–Kier alpha value is -2.84. The Balaban J connectivity index is 1.62. The molecule has 0 amide bonds. The van der Waals surface area contributed by atoms with Crippen LogP contribution in [0.25, 0.3) is 44.2 Å². The van der Waals surface area contributed by atoms with Gasteiger partial charge in [0, 0.05) is 31.8 Å². The fourth-order valence-corrected chi connectivity index (χ4v) is 5.46. The largest absolute Gasteiger partial charge is 0.455 e. The van der Waals surface area contributed by atoms with Gasteiger partial charge in [-0.3, -0.25) is 0 Å². The lowest BCUT2D eigenvalue weighted by molar-refractivity contribution is 0.660. The maximum absolute atomic E-state index is 6.28. The van der Waals surface area contributed by atoms with Crippen LogP contribution in [0.5, 0.6) is 0 Å². The van der Waals surface area contributed by atoms with E-state index in [9.17, 15) is 0 Å². The maximum Gasteiger partial charge on any atom is 0.143 e. The van der Waals surface area contributed by atoms with E-state index in [-0.39, 0.29) is 5.41 Å². The van der Waals surface area contributed by atoms with Gasteiger partial charge in [0.15, 0.2) is 0 Å². The lowest BCUT2D eigenvalue weighted by Gasteiger charge is -2.22. The van der Waals surface area contributed by atoms with Gasteiger partial charge in [-0.2, -0.15) is 0 Å². The average molecular weight is 439 g/mol. The molecule has 0 atom stereocenters. The van der Waals surface area contributed by atoms with Crippen molar-refractivity contribution in [1.29, 1.82) is 0 Å². The highest BCUT2D eigenvalue weighted by atomic mass is 79.9. The van der Waals surface area contributed by atoms with Crippen LogP contribution in [0, 0.1) is 0 Å². The zero-order chi connectivity index (χ0) is 19.8. The molecule has 0 bridgehead atoms. The van der Waals surface area contributed by atoms with Gasteiger partial charge in [-0.15, -0.1) is 0 Å². The third-order valence-electron chi connectivity index (χ3n) is 6.36. The van der Waals surface area contributed by atoms with Gasteiger partial charge in [0.1, 0.15) is 11.2 Å². The van der Waals surface area contributed by atoms with Crippen molar-refractivity contribution < 1.29 is 4.42 Å². The highest BCUT2D eigenvalue weighted by Gasteiger charge is 2.36. The second-order valence-corrected chi connectivity index (χ2v) is 9.18. The molecule has 4 aromatic carbocycles. The minimum Gasteiger partial charge on any atom is -0.455 e. The van der Waals surface area contributed by atoms with Crippen LogP contribution in [-0.2, 0) is 5.41 Å². The Labute approximate surface area is 178 Å². The molecule has 0 saturated carbocycles. The van der Waals surface area contributed by atoms with Crippen LogP contribution >= 0.6 is 15.9 Å². The molecular weight excluding hydrogens is 420 g/mol. The summed E-state index contributed by atoms with van der Waals surface area (Å²) in [6.45, 7) is 4.63. The highest BCUT2D eigenvalue weighted by Crippen LogP contribution is 2.52. The Morgan fingerprint density at radius 2 is 1.52 bits per heavy atom. The van der Waals surface area contributed by atoms with Crippen LogP contribution in [0.2, 0.25) is 0 Å². The fraction of sp³-hybridized carbons (Fsp3) is 0.111. The Kier molecular flexibility index (Phi) is 3.43. The smallest absolute Gasteiger partial charge is 0.143 e. The van der Waals surface area contributed by atoms with E-state index in [0.717, 1.165) is 21.2 Å². The molecule has 0 radical (unpaired) electrons. The van der Waals surface area contributed by atoms with Crippen molar-refractivity contribution in [3.05, 3.63) is 94.5 Å². The minimum atomic E-state index is -0.0355. The van der Waals surface area contributed by atoms with E-state index in [0.29, 0.717) is 0 Å². The molecule has 0 N–H and O–H groups in total. The number of fused-ring (bicyclic) bond motifs is 6. The van der Waals surface area contributed by atoms with Gasteiger partial charge in [0.2, 0.25) is 0 Å². The van der Waals surface area contributed by atoms with Crippen LogP contribution < -0.4 is 0 Å². The van der Waals surface area contributed by atoms with E-state index in [1.807, 2.05) is 12.1 Å². The molecule has 6 rings (SSSR count). The summed E-state index contributed by atoms with van der Waals surface area (Å²) in [5.41, 5.74) is 9.59. The van der Waals surface area contributed by atoms with Gasteiger partial charge in [-0.05, 0) is 40.5 Å². The molecule has 29 heavy (non-hydrogen) atoms. The molecule has 1 aliphatic rings. The van der Waals surface area contributed by atoms with E-state index < -0.39 is 0 Å². The summed E-state index contributed by atoms with van der Waals surface area (Å²) in [5, 5.41) is 2.34. The summed E-state index contributed by atoms with van der Waals surface area (Å²) in [5.74, 6) is 0. The van der Waals surface area contributed by atoms with Crippen molar-refractivity contribution in [1.82, 2.24) is 0 Å². The molecule has 5 aromatic rings. The quantitative estimate of drug-likeness (QED) is 0.256. The monoisotopic (exact) mass is 438 g/mol. The molecule has 0 spiro atoms. The van der Waals surface area contributed by atoms with E-state index in [1.165, 1.54) is 38.6 Å². The first-order valence-corrected chi connectivity index (χ1v) is 10.7. The molecule has 0 fully saturated rings. The van der Waals surface area contributed by atoms with Crippen LogP contribution in [0.1, 0.15) is 25.0 Å². The average Bonchev–Trinajstić information content (AvgIpc) is 3.22. The predicted octanol–water partition coefficient (Wildman–Crippen LogP) is 8.32. The van der Waals surface area contributed by atoms with Gasteiger partial charge in [0.25, 0.3) is 0 Å². The number of halogens is 1. The lowest BCUT2D eigenvalue weighted by atomic mass is 9.81. The second-order valence-electron chi connectivity index (χ2n) is 8.33. The third kappa shape index (κ3) is 2.27. The summed E-state index contributed by atoms with van der Waals surface area (Å²) in [7, 11) is 0. The molecule has 1 aliphatic carbocycles. The van der Waals surface area contributed by atoms with Crippen molar-refractivity contribution in [3.8, 4) is 22.3 Å². The summed E-state index contributed by atoms with van der Waals surface area (Å²) in [6, 6.07) is 28.1. The Morgan fingerprint density at radius 3 is 2.41 bits per heavy atom. The summed E-state index contributed by atoms with van der Waals surface area (Å²) < 4.78 is 7.44. The number of furan rings is 1. The lowest BCUT2D eigenvalue weighted by Crippen LogP contribution is -2.14. The molecule has 1 heterocycles. The SMILES string of the molecule is CC1(C)c2cc(-c3cccc4c3oc3ccccc34)ccc2-c2c(Br)cccc21. The van der Waals surface area contributed by atoms with E-state index in [2.05, 4.69) is 96.5 Å². The van der Waals surface area contributed by atoms with Gasteiger partial charge >= 0.3 is 0 Å². The third-order valence-corrected chi connectivity index (χ3v) is 7.03. The zero-order valence-electron chi connectivity index (χ0n) is 16.3. The number of benzene rings is 4. The van der Waals surface area contributed by atoms with Crippen LogP contribution in [-0.4, -0.2) is 0 Å². The van der Waals surface area contributed by atoms with Gasteiger partial charge in [-0.1, -0.05) is 90.4 Å². The minimum absolute atomic E-state index is 0.0355. The normalized spacial score (nSPS) is 14.3. The predicted molar refractivity (Wildman–Crippen MR) is 124 cm³/mol. The molecule has 1 nitrogen and oxygen atoms in total. The van der Waals surface area contributed by atoms with Crippen LogP contribution in [0.3, 0.4) is 0 Å². The molecular formula is C27H19BrO. The van der Waals surface area contributed by atoms with Crippen LogP contribution in [0.15, 0.2) is 87.8 Å². The van der Waals surface area contributed by atoms with Crippen LogP contribution in [0.4, 0.5) is 0 Å². The van der Waals surface area contributed by atoms with Crippen molar-refractivity contribution in [2.75, 3.05) is 0 Å². The van der Waals surface area contributed by atoms with E-state index >= 15 is 0 Å². The molecule has 0 unspecified atom stereocenters. The summed E-state index contributed by atoms with van der Waals surface area (Å²) in [6.07, 6.45) is 0. The number of hydrogen-bond acceptors (Lipinski definition) is 1. The standard InChI is InChI=1S/C27H19BrO/c1-27(2)21-10-6-11-23(28)25(21)20-14-13-16(15-22(20)27)17-8-5-9-19-18-7-3-4-12-24(18)29-26(17)19/h3-15H,1-2H3. The molecule has 1 aromatic heterocycles. The fourth-order valence-electron chi connectivity index (χ4n) is 4.89. The van der Waals surface area contributed by atoms with E-state index in [4.69, 9.17) is 4.42 Å². The number of para-hydroxylation sites is 2. The zero-order valence-corrected chi connectivity index (χ0v) is 17.9. The Bertz CT molecular complexity index is 1440. The second kappa shape index (κ2) is 5.84. The number of rotatable bonds is 1. The topological polar surface area (TPSA) is 13.1 Å². The highest BCUT2D eigenvalue weighted by molar-refractivity contribution is 9.10. The van der Waals surface area contributed by atoms with Crippen molar-refractivity contribution in [3.63, 3.8) is 0 Å². The van der Waals surface area contributed by atoms with Crippen molar-refractivity contribution in [2.24, 2.45) is 0 Å². The Morgan fingerprint density at radius 1 is 0.724 bits per heavy atom. The molecule has 140 valence electrons. The van der Waals surface area contributed by atoms with Crippen molar-refractivity contribution >= 4 is 37.9 Å². The van der Waals surface area contributed by atoms with Crippen molar-refractivity contribution in [2.45, 2.75) is 19.3 Å². The first-order valence-electron chi connectivity index (χ1n) is 9.90. The van der Waals surface area contributed by atoms with E-state index in [1.54, 1.807) is 0 Å². The summed E-state index contributed by atoms with van der Waals surface area (Å²) in [4.78, 5) is 0. The summed E-state index contributed by atoms with van der Waals surface area (Å²) >= 11 is 3.77. The van der Waals surface area contributed by atoms with Gasteiger partial charge in [0.05, 0.1) is 0 Å². The maximum atomic E-state index is 6.28. The van der Waals surface area contributed by atoms with Gasteiger partial charge in [-0.25, -0.2) is 0 Å². The molecule has 0 aliphatic heterocycles.